The molecule has 44 heavy (non-hydrogen) atoms. The Bertz CT molecular complexity index is 1480. The topological polar surface area (TPSA) is 77.2 Å². The van der Waals surface area contributed by atoms with Gasteiger partial charge >= 0.3 is 0 Å². The van der Waals surface area contributed by atoms with Crippen LogP contribution in [0.25, 0.3) is 0 Å². The molecule has 2 aromatic carbocycles. The lowest BCUT2D eigenvalue weighted by Gasteiger charge is -2.47. The van der Waals surface area contributed by atoms with Gasteiger partial charge in [-0.05, 0) is 111 Å². The third-order valence-electron chi connectivity index (χ3n) is 10.7. The number of allylic oxidation sites excluding steroid dienone is 2. The molecule has 0 amide bonds. The van der Waals surface area contributed by atoms with Crippen molar-refractivity contribution in [3.8, 4) is 0 Å². The number of carbonyl (C=O) groups is 1. The summed E-state index contributed by atoms with van der Waals surface area (Å²) in [4.78, 5) is 18.5. The first-order valence-corrected chi connectivity index (χ1v) is 16.2. The third-order valence-corrected chi connectivity index (χ3v) is 10.7. The highest BCUT2D eigenvalue weighted by Crippen LogP contribution is 2.59. The van der Waals surface area contributed by atoms with E-state index in [4.69, 9.17) is 4.42 Å². The standard InChI is InChI=1S/C37H45FN2O4/c1-26-5-3-16-36(2)33(15-17-37(36,43)25-39-18-20-40(21-19-39)29-11-9-28(38)10-12-29)31-14-8-27(23-30(41)13-7-26)24-32(31)35(42)34-6-4-22-44-34/h4-6,8-12,14,22,24,30,33,41,43H,3,7,13,15-21,23,25H2,1-2H3. The Kier molecular flexibility index (Phi) is 8.82. The minimum Gasteiger partial charge on any atom is -0.461 e. The van der Waals surface area contributed by atoms with Crippen molar-refractivity contribution < 1.29 is 23.8 Å². The highest BCUT2D eigenvalue weighted by Gasteiger charge is 2.57. The molecule has 4 atom stereocenters. The second-order valence-electron chi connectivity index (χ2n) is 13.5. The summed E-state index contributed by atoms with van der Waals surface area (Å²) >= 11 is 0. The van der Waals surface area contributed by atoms with Crippen LogP contribution in [0.15, 0.2) is 76.9 Å². The lowest BCUT2D eigenvalue weighted by atomic mass is 9.64. The number of halogens is 1. The summed E-state index contributed by atoms with van der Waals surface area (Å²) in [6.45, 7) is 8.21. The van der Waals surface area contributed by atoms with Gasteiger partial charge in [-0.15, -0.1) is 0 Å². The van der Waals surface area contributed by atoms with E-state index in [9.17, 15) is 19.4 Å². The van der Waals surface area contributed by atoms with Gasteiger partial charge in [-0.1, -0.05) is 30.7 Å². The first-order valence-electron chi connectivity index (χ1n) is 16.2. The van der Waals surface area contributed by atoms with Gasteiger partial charge in [0.1, 0.15) is 5.82 Å². The van der Waals surface area contributed by atoms with Crippen LogP contribution in [0, 0.1) is 11.2 Å². The quantitative estimate of drug-likeness (QED) is 0.257. The Morgan fingerprint density at radius 2 is 1.82 bits per heavy atom. The molecular formula is C37H45FN2O4. The average molecular weight is 601 g/mol. The van der Waals surface area contributed by atoms with Gasteiger partial charge in [-0.25, -0.2) is 4.39 Å². The van der Waals surface area contributed by atoms with Gasteiger partial charge in [0, 0.05) is 49.4 Å². The van der Waals surface area contributed by atoms with Crippen LogP contribution in [0.4, 0.5) is 10.1 Å². The Hall–Kier alpha value is -3.26. The van der Waals surface area contributed by atoms with Crippen LogP contribution in [0.5, 0.6) is 0 Å². The Morgan fingerprint density at radius 1 is 1.05 bits per heavy atom. The highest BCUT2D eigenvalue weighted by atomic mass is 19.1. The molecule has 7 heteroatoms. The van der Waals surface area contributed by atoms with Gasteiger partial charge in [-0.2, -0.15) is 0 Å². The fraction of sp³-hybridized carbons (Fsp3) is 0.486. The van der Waals surface area contributed by atoms with Crippen molar-refractivity contribution in [2.24, 2.45) is 5.41 Å². The fourth-order valence-corrected chi connectivity index (χ4v) is 7.92. The molecule has 1 saturated heterocycles. The lowest BCUT2D eigenvalue weighted by molar-refractivity contribution is -0.0841. The maximum absolute atomic E-state index is 13.9. The maximum Gasteiger partial charge on any atom is 0.228 e. The number of nitrogens with zero attached hydrogens (tertiary/aromatic N) is 2. The number of ketones is 1. The number of fused-ring (bicyclic) bond motifs is 8. The molecule has 234 valence electrons. The first-order chi connectivity index (χ1) is 21.1. The minimum absolute atomic E-state index is 0.0162. The Labute approximate surface area is 260 Å². The van der Waals surface area contributed by atoms with Crippen LogP contribution in [0.3, 0.4) is 0 Å². The minimum atomic E-state index is -0.936. The maximum atomic E-state index is 13.9. The van der Waals surface area contributed by atoms with Gasteiger partial charge < -0.3 is 19.5 Å². The Balaban J connectivity index is 1.31. The zero-order valence-corrected chi connectivity index (χ0v) is 26.0. The molecule has 0 spiro atoms. The molecule has 4 aliphatic rings. The van der Waals surface area contributed by atoms with E-state index < -0.39 is 17.1 Å². The SMILES string of the molecule is CC1=CCCC2(C)C(CCC2(O)CN2CCN(c3ccc(F)cc3)CC2)c2ccc(cc2C(=O)c2ccco2)CC(O)CC1. The number of piperazine rings is 1. The zero-order chi connectivity index (χ0) is 30.9. The van der Waals surface area contributed by atoms with E-state index >= 15 is 0 Å². The Morgan fingerprint density at radius 3 is 2.55 bits per heavy atom. The van der Waals surface area contributed by atoms with Crippen molar-refractivity contribution in [3.63, 3.8) is 0 Å². The van der Waals surface area contributed by atoms with Crippen molar-refractivity contribution in [1.82, 2.24) is 4.90 Å². The normalized spacial score (nSPS) is 28.4. The summed E-state index contributed by atoms with van der Waals surface area (Å²) in [5.74, 6) is -0.0952. The number of anilines is 1. The molecule has 6 nitrogen and oxygen atoms in total. The molecule has 2 heterocycles. The zero-order valence-electron chi connectivity index (χ0n) is 26.0. The molecule has 4 unspecified atom stereocenters. The molecule has 3 aliphatic carbocycles. The summed E-state index contributed by atoms with van der Waals surface area (Å²) in [7, 11) is 0. The van der Waals surface area contributed by atoms with Crippen LogP contribution < -0.4 is 4.90 Å². The van der Waals surface area contributed by atoms with E-state index in [-0.39, 0.29) is 17.5 Å². The van der Waals surface area contributed by atoms with E-state index in [0.29, 0.717) is 37.1 Å². The van der Waals surface area contributed by atoms with Crippen LogP contribution in [0.2, 0.25) is 0 Å². The van der Waals surface area contributed by atoms with Crippen LogP contribution in [-0.4, -0.2) is 65.3 Å². The van der Waals surface area contributed by atoms with Crippen LogP contribution in [-0.2, 0) is 6.42 Å². The average Bonchev–Trinajstić information content (AvgIpc) is 3.64. The van der Waals surface area contributed by atoms with Crippen LogP contribution in [0.1, 0.15) is 85.5 Å². The smallest absolute Gasteiger partial charge is 0.228 e. The van der Waals surface area contributed by atoms with E-state index in [1.165, 1.54) is 24.0 Å². The van der Waals surface area contributed by atoms with Crippen LogP contribution >= 0.6 is 0 Å². The number of rotatable bonds is 5. The number of furan rings is 1. The van der Waals surface area contributed by atoms with E-state index in [1.54, 1.807) is 12.1 Å². The predicted molar refractivity (Wildman–Crippen MR) is 171 cm³/mol. The molecule has 2 bridgehead atoms. The molecule has 0 radical (unpaired) electrons. The first kappa shape index (κ1) is 30.8. The molecule has 1 saturated carbocycles. The molecule has 7 rings (SSSR count). The van der Waals surface area contributed by atoms with Crippen molar-refractivity contribution in [2.45, 2.75) is 76.4 Å². The second kappa shape index (κ2) is 12.6. The fourth-order valence-electron chi connectivity index (χ4n) is 7.92. The van der Waals surface area contributed by atoms with Crippen molar-refractivity contribution in [3.05, 3.63) is 101 Å². The molecule has 1 aromatic heterocycles. The van der Waals surface area contributed by atoms with E-state index in [2.05, 4.69) is 41.9 Å². The number of hydrogen-bond donors (Lipinski definition) is 2. The summed E-state index contributed by atoms with van der Waals surface area (Å²) in [5.41, 5.74) is 3.39. The number of hydrogen-bond acceptors (Lipinski definition) is 6. The number of β-amino-alcohol motifs (C(OH)–C–C–N with tert-alkyl or cyclic N) is 1. The lowest BCUT2D eigenvalue weighted by Crippen LogP contribution is -2.56. The van der Waals surface area contributed by atoms with Gasteiger partial charge in [0.25, 0.3) is 0 Å². The number of aliphatic hydroxyl groups excluding tert-OH is 1. The highest BCUT2D eigenvalue weighted by molar-refractivity contribution is 6.08. The number of aliphatic hydroxyl groups is 2. The van der Waals surface area contributed by atoms with Crippen molar-refractivity contribution in [2.75, 3.05) is 37.6 Å². The van der Waals surface area contributed by atoms with Crippen molar-refractivity contribution >= 4 is 11.5 Å². The van der Waals surface area contributed by atoms with Gasteiger partial charge in [0.05, 0.1) is 18.0 Å². The molecule has 2 N–H and O–H groups in total. The largest absolute Gasteiger partial charge is 0.461 e. The number of carbonyl (C=O) groups excluding carboxylic acids is 1. The van der Waals surface area contributed by atoms with Gasteiger partial charge in [0.15, 0.2) is 5.76 Å². The van der Waals surface area contributed by atoms with Crippen molar-refractivity contribution in [1.29, 1.82) is 0 Å². The second-order valence-corrected chi connectivity index (χ2v) is 13.5. The molecule has 1 aliphatic heterocycles. The third kappa shape index (κ3) is 6.15. The monoisotopic (exact) mass is 600 g/mol. The summed E-state index contributed by atoms with van der Waals surface area (Å²) in [5, 5.41) is 23.4. The van der Waals surface area contributed by atoms with E-state index in [1.807, 2.05) is 18.2 Å². The van der Waals surface area contributed by atoms with E-state index in [0.717, 1.165) is 68.7 Å². The van der Waals surface area contributed by atoms with Gasteiger partial charge in [0.2, 0.25) is 5.78 Å². The van der Waals surface area contributed by atoms with Gasteiger partial charge in [-0.3, -0.25) is 9.69 Å². The summed E-state index contributed by atoms with van der Waals surface area (Å²) in [6, 6.07) is 16.2. The number of benzene rings is 2. The predicted octanol–water partition coefficient (Wildman–Crippen LogP) is 6.51. The summed E-state index contributed by atoms with van der Waals surface area (Å²) in [6.07, 6.45) is 8.35. The summed E-state index contributed by atoms with van der Waals surface area (Å²) < 4.78 is 19.0. The molecule has 3 aromatic rings. The molecule has 2 fully saturated rings. The molecular weight excluding hydrogens is 555 g/mol.